The predicted octanol–water partition coefficient (Wildman–Crippen LogP) is 1.00. The van der Waals surface area contributed by atoms with E-state index in [1.807, 2.05) is 30.3 Å². The smallest absolute Gasteiger partial charge is 0.302 e. The van der Waals surface area contributed by atoms with Gasteiger partial charge >= 0.3 is 6.01 Å². The van der Waals surface area contributed by atoms with Gasteiger partial charge < -0.3 is 19.3 Å². The van der Waals surface area contributed by atoms with Crippen molar-refractivity contribution < 1.29 is 19.3 Å². The van der Waals surface area contributed by atoms with Crippen molar-refractivity contribution in [3.8, 4) is 6.01 Å². The molecule has 4 rings (SSSR count). The average molecular weight is 330 g/mol. The molecule has 0 radical (unpaired) electrons. The molecule has 0 spiro atoms. The van der Waals surface area contributed by atoms with Gasteiger partial charge in [0.25, 0.3) is 5.56 Å². The largest absolute Gasteiger partial charge is 0.456 e. The van der Waals surface area contributed by atoms with Crippen molar-refractivity contribution in [2.24, 2.45) is 0 Å². The van der Waals surface area contributed by atoms with Gasteiger partial charge in [0, 0.05) is 12.6 Å². The number of aliphatic hydroxyl groups excluding tert-OH is 1. The fourth-order valence-electron chi connectivity index (χ4n) is 3.04. The molecule has 24 heavy (non-hydrogen) atoms. The summed E-state index contributed by atoms with van der Waals surface area (Å²) in [6.45, 7) is 0.544. The molecule has 3 atom stereocenters. The van der Waals surface area contributed by atoms with E-state index in [9.17, 15) is 9.90 Å². The molecule has 0 saturated carbocycles. The summed E-state index contributed by atoms with van der Waals surface area (Å²) in [7, 11) is 0. The van der Waals surface area contributed by atoms with Gasteiger partial charge in [-0.25, -0.2) is 0 Å². The summed E-state index contributed by atoms with van der Waals surface area (Å²) in [5.41, 5.74) is 1.14. The van der Waals surface area contributed by atoms with Crippen LogP contribution >= 0.6 is 0 Å². The van der Waals surface area contributed by atoms with Crippen molar-refractivity contribution in [2.75, 3.05) is 6.61 Å². The minimum Gasteiger partial charge on any atom is -0.456 e. The average Bonchev–Trinajstić information content (AvgIpc) is 3.13. The van der Waals surface area contributed by atoms with Crippen LogP contribution < -0.4 is 10.3 Å². The molecule has 3 heterocycles. The molecule has 1 aromatic carbocycles. The van der Waals surface area contributed by atoms with Crippen LogP contribution in [-0.2, 0) is 22.7 Å². The third-order valence-electron chi connectivity index (χ3n) is 4.24. The molecule has 0 amide bonds. The maximum absolute atomic E-state index is 12.1. The van der Waals surface area contributed by atoms with Gasteiger partial charge in [-0.3, -0.25) is 9.36 Å². The summed E-state index contributed by atoms with van der Waals surface area (Å²) in [6.07, 6.45) is 1.46. The van der Waals surface area contributed by atoms with Gasteiger partial charge in [-0.1, -0.05) is 30.3 Å². The number of aromatic nitrogens is 2. The first-order chi connectivity index (χ1) is 11.7. The van der Waals surface area contributed by atoms with E-state index in [2.05, 4.69) is 4.98 Å². The van der Waals surface area contributed by atoms with Crippen molar-refractivity contribution in [2.45, 2.75) is 38.1 Å². The summed E-state index contributed by atoms with van der Waals surface area (Å²) in [4.78, 5) is 16.1. The SMILES string of the molecule is O=c1nc2n(cc1COCc1ccccc1)[C@@H]1O[C@H](CO)C[C@@H]1O2. The second-order valence-corrected chi connectivity index (χ2v) is 5.96. The highest BCUT2D eigenvalue weighted by Crippen LogP contribution is 2.38. The summed E-state index contributed by atoms with van der Waals surface area (Å²) in [5, 5.41) is 9.22. The fourth-order valence-corrected chi connectivity index (χ4v) is 3.04. The van der Waals surface area contributed by atoms with Gasteiger partial charge in [-0.2, -0.15) is 4.98 Å². The van der Waals surface area contributed by atoms with E-state index in [4.69, 9.17) is 14.2 Å². The lowest BCUT2D eigenvalue weighted by Gasteiger charge is -2.13. The van der Waals surface area contributed by atoms with Crippen LogP contribution in [-0.4, -0.2) is 33.5 Å². The molecule has 2 aliphatic rings. The predicted molar refractivity (Wildman–Crippen MR) is 83.5 cm³/mol. The molecule has 1 fully saturated rings. The van der Waals surface area contributed by atoms with Crippen LogP contribution in [0, 0.1) is 0 Å². The van der Waals surface area contributed by atoms with Crippen LogP contribution in [0.25, 0.3) is 0 Å². The summed E-state index contributed by atoms with van der Waals surface area (Å²) >= 11 is 0. The van der Waals surface area contributed by atoms with Crippen LogP contribution in [0.3, 0.4) is 0 Å². The lowest BCUT2D eigenvalue weighted by molar-refractivity contribution is -0.0259. The van der Waals surface area contributed by atoms with Gasteiger partial charge in [0.05, 0.1) is 31.5 Å². The Morgan fingerprint density at radius 1 is 1.29 bits per heavy atom. The molecule has 1 aromatic heterocycles. The van der Waals surface area contributed by atoms with Crippen molar-refractivity contribution >= 4 is 0 Å². The monoisotopic (exact) mass is 330 g/mol. The number of fused-ring (bicyclic) bond motifs is 3. The molecule has 0 unspecified atom stereocenters. The highest BCUT2D eigenvalue weighted by molar-refractivity contribution is 5.16. The van der Waals surface area contributed by atoms with Gasteiger partial charge in [-0.05, 0) is 5.56 Å². The Balaban J connectivity index is 1.47. The zero-order chi connectivity index (χ0) is 16.5. The van der Waals surface area contributed by atoms with E-state index in [1.54, 1.807) is 10.8 Å². The molecular weight excluding hydrogens is 312 g/mol. The van der Waals surface area contributed by atoms with Gasteiger partial charge in [-0.15, -0.1) is 0 Å². The van der Waals surface area contributed by atoms with Crippen LogP contribution in [0.15, 0.2) is 41.3 Å². The first kappa shape index (κ1) is 15.3. The molecule has 1 saturated heterocycles. The van der Waals surface area contributed by atoms with Crippen LogP contribution in [0.2, 0.25) is 0 Å². The Morgan fingerprint density at radius 2 is 2.12 bits per heavy atom. The van der Waals surface area contributed by atoms with Gasteiger partial charge in [0.15, 0.2) is 6.23 Å². The number of ether oxygens (including phenoxy) is 3. The Bertz CT molecular complexity index is 776. The third-order valence-corrected chi connectivity index (χ3v) is 4.24. The quantitative estimate of drug-likeness (QED) is 0.881. The third kappa shape index (κ3) is 2.82. The number of aliphatic hydroxyl groups is 1. The maximum Gasteiger partial charge on any atom is 0.302 e. The molecule has 1 N–H and O–H groups in total. The highest BCUT2D eigenvalue weighted by Gasteiger charge is 2.44. The number of hydrogen-bond acceptors (Lipinski definition) is 6. The number of nitrogens with zero attached hydrogens (tertiary/aromatic N) is 2. The van der Waals surface area contributed by atoms with Gasteiger partial charge in [0.1, 0.15) is 6.10 Å². The number of hydrogen-bond donors (Lipinski definition) is 1. The van der Waals surface area contributed by atoms with Crippen LogP contribution in [0.1, 0.15) is 23.8 Å². The van der Waals surface area contributed by atoms with E-state index in [1.165, 1.54) is 0 Å². The number of benzene rings is 1. The maximum atomic E-state index is 12.1. The Hall–Kier alpha value is -2.22. The topological polar surface area (TPSA) is 82.8 Å². The first-order valence-corrected chi connectivity index (χ1v) is 7.91. The molecule has 7 nitrogen and oxygen atoms in total. The van der Waals surface area contributed by atoms with E-state index in [0.29, 0.717) is 18.6 Å². The van der Waals surface area contributed by atoms with Crippen molar-refractivity contribution in [3.63, 3.8) is 0 Å². The molecule has 0 bridgehead atoms. The molecule has 126 valence electrons. The van der Waals surface area contributed by atoms with E-state index >= 15 is 0 Å². The minimum absolute atomic E-state index is 0.0492. The van der Waals surface area contributed by atoms with E-state index < -0.39 is 0 Å². The molecule has 0 aliphatic carbocycles. The molecule has 2 aliphatic heterocycles. The Kier molecular flexibility index (Phi) is 4.05. The highest BCUT2D eigenvalue weighted by atomic mass is 16.6. The standard InChI is InChI=1S/C17H18N2O5/c20-8-13-6-14-16(23-13)19-7-12(15(21)18-17(19)24-14)10-22-9-11-4-2-1-3-5-11/h1-5,7,13-14,16,20H,6,8-10H2/t13-,14-,16+/m0/s1. The fraction of sp³-hybridized carbons (Fsp3) is 0.412. The Labute approximate surface area is 138 Å². The first-order valence-electron chi connectivity index (χ1n) is 7.91. The van der Waals surface area contributed by atoms with Gasteiger partial charge in [0.2, 0.25) is 0 Å². The molecule has 7 heteroatoms. The zero-order valence-electron chi connectivity index (χ0n) is 13.0. The molecule has 2 aromatic rings. The van der Waals surface area contributed by atoms with Crippen molar-refractivity contribution in [1.82, 2.24) is 9.55 Å². The normalized spacial score (nSPS) is 24.5. The van der Waals surface area contributed by atoms with Crippen molar-refractivity contribution in [1.29, 1.82) is 0 Å². The van der Waals surface area contributed by atoms with E-state index in [0.717, 1.165) is 5.56 Å². The lowest BCUT2D eigenvalue weighted by Crippen LogP contribution is -2.20. The summed E-state index contributed by atoms with van der Waals surface area (Å²) in [5.74, 6) is 0. The lowest BCUT2D eigenvalue weighted by atomic mass is 10.2. The van der Waals surface area contributed by atoms with E-state index in [-0.39, 0.29) is 43.2 Å². The van der Waals surface area contributed by atoms with Crippen LogP contribution in [0.5, 0.6) is 6.01 Å². The zero-order valence-corrected chi connectivity index (χ0v) is 13.0. The van der Waals surface area contributed by atoms with Crippen molar-refractivity contribution in [3.05, 3.63) is 58.0 Å². The van der Waals surface area contributed by atoms with Crippen LogP contribution in [0.4, 0.5) is 0 Å². The number of rotatable bonds is 5. The summed E-state index contributed by atoms with van der Waals surface area (Å²) in [6, 6.07) is 10.0. The Morgan fingerprint density at radius 3 is 2.92 bits per heavy atom. The molecular formula is C17H18N2O5. The minimum atomic E-state index is -0.354. The second-order valence-electron chi connectivity index (χ2n) is 5.96. The summed E-state index contributed by atoms with van der Waals surface area (Å²) < 4.78 is 18.7. The second kappa shape index (κ2) is 6.35.